The van der Waals surface area contributed by atoms with E-state index in [1.807, 2.05) is 65.7 Å². The van der Waals surface area contributed by atoms with Crippen molar-refractivity contribution < 1.29 is 14.7 Å². The number of aliphatic hydroxyl groups is 1. The van der Waals surface area contributed by atoms with E-state index in [0.717, 1.165) is 41.9 Å². The number of aryl methyl sites for hydroxylation is 1. The fraction of sp³-hybridized carbons (Fsp3) is 0.343. The molecule has 0 unspecified atom stereocenters. The van der Waals surface area contributed by atoms with Gasteiger partial charge in [-0.25, -0.2) is 4.98 Å². The van der Waals surface area contributed by atoms with E-state index in [9.17, 15) is 14.7 Å². The zero-order valence-electron chi connectivity index (χ0n) is 24.4. The van der Waals surface area contributed by atoms with Crippen LogP contribution in [0.5, 0.6) is 0 Å². The summed E-state index contributed by atoms with van der Waals surface area (Å²) in [5.41, 5.74) is 4.08. The molecule has 2 amide bonds. The number of thiazole rings is 1. The van der Waals surface area contributed by atoms with Gasteiger partial charge in [-0.05, 0) is 68.4 Å². The Bertz CT molecular complexity index is 1540. The van der Waals surface area contributed by atoms with Gasteiger partial charge in [-0.1, -0.05) is 66.7 Å². The lowest BCUT2D eigenvalue weighted by molar-refractivity contribution is 0.0729. The van der Waals surface area contributed by atoms with Gasteiger partial charge in [-0.15, -0.1) is 11.3 Å². The summed E-state index contributed by atoms with van der Waals surface area (Å²) in [5, 5.41) is 21.3. The summed E-state index contributed by atoms with van der Waals surface area (Å²) < 4.78 is 0. The van der Waals surface area contributed by atoms with E-state index < -0.39 is 12.1 Å². The van der Waals surface area contributed by atoms with Gasteiger partial charge in [0.1, 0.15) is 5.01 Å². The van der Waals surface area contributed by atoms with Crippen molar-refractivity contribution in [2.45, 2.75) is 69.3 Å². The summed E-state index contributed by atoms with van der Waals surface area (Å²) >= 11 is 1.59. The van der Waals surface area contributed by atoms with Crippen molar-refractivity contribution in [1.82, 2.24) is 20.5 Å². The number of hydrogen-bond acceptors (Lipinski definition) is 6. The molecule has 1 aromatic heterocycles. The van der Waals surface area contributed by atoms with E-state index in [2.05, 4.69) is 27.8 Å². The number of likely N-dealkylation sites (tertiary alicyclic amines) is 1. The second-order valence-electron chi connectivity index (χ2n) is 11.6. The van der Waals surface area contributed by atoms with Crippen molar-refractivity contribution in [2.24, 2.45) is 0 Å². The average molecular weight is 595 g/mol. The molecule has 7 nitrogen and oxygen atoms in total. The van der Waals surface area contributed by atoms with E-state index in [1.165, 1.54) is 5.56 Å². The van der Waals surface area contributed by atoms with Crippen molar-refractivity contribution >= 4 is 23.2 Å². The number of amides is 2. The zero-order valence-corrected chi connectivity index (χ0v) is 25.2. The predicted octanol–water partition coefficient (Wildman–Crippen LogP) is 5.62. The molecular formula is C35H38N4O3S. The van der Waals surface area contributed by atoms with Crippen molar-refractivity contribution in [3.05, 3.63) is 123 Å². The minimum Gasteiger partial charge on any atom is -0.389 e. The molecule has 0 aliphatic carbocycles. The number of carbonyl (C=O) groups is 2. The molecule has 2 aliphatic rings. The first-order valence-corrected chi connectivity index (χ1v) is 16.0. The Kier molecular flexibility index (Phi) is 8.98. The minimum atomic E-state index is -0.796. The summed E-state index contributed by atoms with van der Waals surface area (Å²) in [6, 6.07) is 26.6. The van der Waals surface area contributed by atoms with E-state index in [4.69, 9.17) is 0 Å². The topological polar surface area (TPSA) is 94.6 Å². The van der Waals surface area contributed by atoms with Crippen molar-refractivity contribution in [1.29, 1.82) is 0 Å². The molecule has 2 fully saturated rings. The van der Waals surface area contributed by atoms with E-state index in [1.54, 1.807) is 35.6 Å². The zero-order chi connectivity index (χ0) is 29.8. The normalized spacial score (nSPS) is 21.4. The maximum Gasteiger partial charge on any atom is 0.254 e. The van der Waals surface area contributed by atoms with Crippen LogP contribution < -0.4 is 10.6 Å². The Morgan fingerprint density at radius 1 is 1.00 bits per heavy atom. The molecule has 3 N–H and O–H groups in total. The summed E-state index contributed by atoms with van der Waals surface area (Å²) in [7, 11) is 0. The molecule has 0 spiro atoms. The summed E-state index contributed by atoms with van der Waals surface area (Å²) in [6.45, 7) is 2.64. The molecule has 6 rings (SSSR count). The maximum absolute atomic E-state index is 13.7. The summed E-state index contributed by atoms with van der Waals surface area (Å²) in [5.74, 6) is -0.395. The summed E-state index contributed by atoms with van der Waals surface area (Å²) in [4.78, 5) is 33.8. The molecule has 0 bridgehead atoms. The molecule has 5 atom stereocenters. The lowest BCUT2D eigenvalue weighted by atomic mass is 9.95. The van der Waals surface area contributed by atoms with Crippen LogP contribution in [0.25, 0.3) is 0 Å². The highest BCUT2D eigenvalue weighted by Crippen LogP contribution is 2.35. The Labute approximate surface area is 257 Å². The first kappa shape index (κ1) is 29.2. The molecular weight excluding hydrogens is 556 g/mol. The highest BCUT2D eigenvalue weighted by atomic mass is 32.1. The predicted molar refractivity (Wildman–Crippen MR) is 169 cm³/mol. The molecule has 3 aromatic carbocycles. The smallest absolute Gasteiger partial charge is 0.254 e. The van der Waals surface area contributed by atoms with Gasteiger partial charge in [0.05, 0.1) is 18.2 Å². The SMILES string of the molecule is Cc1csc([C@H]2CCCN2C(=O)c2cccc(C(=O)N[C@@H](Cc3ccccc3)[C@@H](O)[C@H]3CC[C@@H](c4ccccc4)N3)c2)n1. The van der Waals surface area contributed by atoms with Crippen molar-refractivity contribution in [3.63, 3.8) is 0 Å². The molecule has 43 heavy (non-hydrogen) atoms. The third kappa shape index (κ3) is 6.72. The highest BCUT2D eigenvalue weighted by Gasteiger charge is 2.36. The van der Waals surface area contributed by atoms with Gasteiger partial charge in [0.25, 0.3) is 11.8 Å². The number of hydrogen-bond donors (Lipinski definition) is 3. The number of aliphatic hydroxyl groups excluding tert-OH is 1. The highest BCUT2D eigenvalue weighted by molar-refractivity contribution is 7.09. The van der Waals surface area contributed by atoms with E-state index in [-0.39, 0.29) is 29.9 Å². The van der Waals surface area contributed by atoms with Crippen LogP contribution in [0.3, 0.4) is 0 Å². The lowest BCUT2D eigenvalue weighted by Gasteiger charge is -2.29. The second-order valence-corrected chi connectivity index (χ2v) is 12.5. The average Bonchev–Trinajstić information content (AvgIpc) is 3.82. The lowest BCUT2D eigenvalue weighted by Crippen LogP contribution is -2.52. The van der Waals surface area contributed by atoms with Crippen LogP contribution in [0.1, 0.15) is 80.3 Å². The van der Waals surface area contributed by atoms with Gasteiger partial charge in [-0.3, -0.25) is 9.59 Å². The molecule has 8 heteroatoms. The second kappa shape index (κ2) is 13.2. The Balaban J connectivity index is 1.18. The van der Waals surface area contributed by atoms with Crippen LogP contribution in [0.2, 0.25) is 0 Å². The Morgan fingerprint density at radius 3 is 2.49 bits per heavy atom. The third-order valence-electron chi connectivity index (χ3n) is 8.63. The molecule has 222 valence electrons. The third-order valence-corrected chi connectivity index (χ3v) is 9.69. The number of nitrogens with zero attached hydrogens (tertiary/aromatic N) is 2. The van der Waals surface area contributed by atoms with Crippen LogP contribution in [0, 0.1) is 6.92 Å². The molecule has 2 aliphatic heterocycles. The monoisotopic (exact) mass is 594 g/mol. The first-order chi connectivity index (χ1) is 21.0. The number of aromatic nitrogens is 1. The summed E-state index contributed by atoms with van der Waals surface area (Å²) in [6.07, 6.45) is 3.23. The first-order valence-electron chi connectivity index (χ1n) is 15.1. The van der Waals surface area contributed by atoms with Gasteiger partial charge in [0, 0.05) is 40.8 Å². The van der Waals surface area contributed by atoms with Crippen LogP contribution in [-0.2, 0) is 6.42 Å². The molecule has 3 heterocycles. The minimum absolute atomic E-state index is 0.0345. The molecule has 4 aromatic rings. The van der Waals surface area contributed by atoms with Gasteiger partial charge in [0.15, 0.2) is 0 Å². The molecule has 0 radical (unpaired) electrons. The van der Waals surface area contributed by atoms with Gasteiger partial charge < -0.3 is 20.6 Å². The quantitative estimate of drug-likeness (QED) is 0.234. The Hall–Kier alpha value is -3.85. The van der Waals surface area contributed by atoms with E-state index in [0.29, 0.717) is 24.1 Å². The molecule has 0 saturated carbocycles. The molecule has 2 saturated heterocycles. The standard InChI is InChI=1S/C35H38N4O3S/c1-23-22-43-34(36-23)31-16-9-19-39(31)35(42)27-15-8-14-26(21-27)33(41)38-30(20-24-10-4-2-5-11-24)32(40)29-18-17-28(37-29)25-12-6-3-7-13-25/h2-8,10-15,21-22,28-32,37,40H,9,16-20H2,1H3,(H,38,41)/t28-,29+,30-,31+,32-/m0/s1. The largest absolute Gasteiger partial charge is 0.389 e. The fourth-order valence-corrected chi connectivity index (χ4v) is 7.34. The van der Waals surface area contributed by atoms with Gasteiger partial charge in [0.2, 0.25) is 0 Å². The van der Waals surface area contributed by atoms with Crippen LogP contribution in [-0.4, -0.2) is 51.5 Å². The number of rotatable bonds is 9. The Morgan fingerprint density at radius 2 is 1.74 bits per heavy atom. The number of carbonyl (C=O) groups excluding carboxylic acids is 2. The van der Waals surface area contributed by atoms with E-state index >= 15 is 0 Å². The maximum atomic E-state index is 13.7. The van der Waals surface area contributed by atoms with Gasteiger partial charge >= 0.3 is 0 Å². The van der Waals surface area contributed by atoms with Gasteiger partial charge in [-0.2, -0.15) is 0 Å². The van der Waals surface area contributed by atoms with Crippen molar-refractivity contribution in [2.75, 3.05) is 6.54 Å². The number of benzene rings is 3. The van der Waals surface area contributed by atoms with Crippen LogP contribution in [0.15, 0.2) is 90.3 Å². The van der Waals surface area contributed by atoms with Crippen molar-refractivity contribution in [3.8, 4) is 0 Å². The number of nitrogens with one attached hydrogen (secondary N) is 2. The van der Waals surface area contributed by atoms with Crippen LogP contribution in [0.4, 0.5) is 0 Å². The van der Waals surface area contributed by atoms with Crippen LogP contribution >= 0.6 is 11.3 Å². The fourth-order valence-electron chi connectivity index (χ4n) is 6.40.